The number of nitrogens with zero attached hydrogens (tertiary/aromatic N) is 1. The number of nitrogens with one attached hydrogen (secondary N) is 2. The van der Waals surface area contributed by atoms with Gasteiger partial charge in [-0.15, -0.1) is 11.3 Å². The smallest absolute Gasteiger partial charge is 0.229 e. The van der Waals surface area contributed by atoms with Gasteiger partial charge in [-0.05, 0) is 30.5 Å². The first-order valence-corrected chi connectivity index (χ1v) is 9.04. The Kier molecular flexibility index (Phi) is 4.99. The van der Waals surface area contributed by atoms with Crippen molar-refractivity contribution in [2.45, 2.75) is 25.8 Å². The summed E-state index contributed by atoms with van der Waals surface area (Å²) in [6.45, 7) is 3.47. The average Bonchev–Trinajstić information content (AvgIpc) is 3.04. The molecule has 6 heteroatoms. The van der Waals surface area contributed by atoms with Gasteiger partial charge < -0.3 is 10.6 Å². The summed E-state index contributed by atoms with van der Waals surface area (Å²) in [5.41, 5.74) is 0.756. The molecule has 1 saturated heterocycles. The van der Waals surface area contributed by atoms with Crippen molar-refractivity contribution in [1.82, 2.24) is 15.6 Å². The maximum atomic E-state index is 12.9. The molecule has 1 aliphatic rings. The van der Waals surface area contributed by atoms with Crippen LogP contribution in [0.2, 0.25) is 5.02 Å². The van der Waals surface area contributed by atoms with Gasteiger partial charge in [-0.3, -0.25) is 4.79 Å². The van der Waals surface area contributed by atoms with Gasteiger partial charge in [0.2, 0.25) is 5.91 Å². The van der Waals surface area contributed by atoms with E-state index in [1.165, 1.54) is 0 Å². The lowest BCUT2D eigenvalue weighted by molar-refractivity contribution is -0.134. The molecule has 1 aromatic carbocycles. The van der Waals surface area contributed by atoms with Crippen molar-refractivity contribution in [3.8, 4) is 0 Å². The summed E-state index contributed by atoms with van der Waals surface area (Å²) >= 11 is 7.52. The first-order chi connectivity index (χ1) is 11.1. The van der Waals surface area contributed by atoms with Crippen molar-refractivity contribution in [1.29, 1.82) is 0 Å². The maximum absolute atomic E-state index is 12.9. The van der Waals surface area contributed by atoms with E-state index >= 15 is 0 Å². The molecule has 1 aliphatic heterocycles. The number of carbonyl (C=O) groups is 1. The summed E-state index contributed by atoms with van der Waals surface area (Å²) in [5.74, 6) is 0.105. The molecule has 2 N–H and O–H groups in total. The molecule has 1 fully saturated rings. The molecule has 23 heavy (non-hydrogen) atoms. The largest absolute Gasteiger partial charge is 0.346 e. The van der Waals surface area contributed by atoms with Gasteiger partial charge in [0.25, 0.3) is 0 Å². The van der Waals surface area contributed by atoms with E-state index in [1.54, 1.807) is 17.5 Å². The lowest BCUT2D eigenvalue weighted by Gasteiger charge is -2.42. The van der Waals surface area contributed by atoms with Gasteiger partial charge in [-0.2, -0.15) is 0 Å². The van der Waals surface area contributed by atoms with E-state index in [1.807, 2.05) is 29.6 Å². The molecular formula is C17H20ClN3OS. The van der Waals surface area contributed by atoms with Crippen LogP contribution < -0.4 is 10.6 Å². The Balaban J connectivity index is 1.71. The fraction of sp³-hybridized carbons (Fsp3) is 0.412. The first kappa shape index (κ1) is 16.4. The zero-order chi connectivity index (χ0) is 16.3. The van der Waals surface area contributed by atoms with E-state index in [-0.39, 0.29) is 17.4 Å². The molecule has 2 aromatic rings. The highest BCUT2D eigenvalue weighted by Crippen LogP contribution is 2.30. The molecule has 1 unspecified atom stereocenters. The molecule has 0 spiro atoms. The van der Waals surface area contributed by atoms with Crippen LogP contribution in [0.4, 0.5) is 0 Å². The van der Waals surface area contributed by atoms with Crippen LogP contribution in [-0.2, 0) is 11.2 Å². The maximum Gasteiger partial charge on any atom is 0.229 e. The highest BCUT2D eigenvalue weighted by atomic mass is 35.5. The summed E-state index contributed by atoms with van der Waals surface area (Å²) < 4.78 is 0. The number of aromatic nitrogens is 1. The minimum Gasteiger partial charge on any atom is -0.346 e. The van der Waals surface area contributed by atoms with Crippen LogP contribution in [0.3, 0.4) is 0 Å². The van der Waals surface area contributed by atoms with Crippen LogP contribution in [-0.4, -0.2) is 24.0 Å². The highest BCUT2D eigenvalue weighted by molar-refractivity contribution is 7.09. The van der Waals surface area contributed by atoms with Crippen LogP contribution in [0.15, 0.2) is 35.8 Å². The van der Waals surface area contributed by atoms with Gasteiger partial charge >= 0.3 is 0 Å². The molecular weight excluding hydrogens is 330 g/mol. The Bertz CT molecular complexity index is 653. The number of hydrogen-bond acceptors (Lipinski definition) is 4. The zero-order valence-corrected chi connectivity index (χ0v) is 14.6. The number of thiazole rings is 1. The Morgan fingerprint density at radius 1 is 1.43 bits per heavy atom. The molecule has 122 valence electrons. The Labute approximate surface area is 145 Å². The summed E-state index contributed by atoms with van der Waals surface area (Å²) in [4.78, 5) is 17.2. The molecule has 1 aromatic heterocycles. The SMILES string of the molecule is CCC(NC(=O)C1(Cc2ccc(Cl)cc2)CNC1)c1nccs1. The van der Waals surface area contributed by atoms with Crippen LogP contribution in [0.1, 0.15) is 30.0 Å². The van der Waals surface area contributed by atoms with E-state index in [9.17, 15) is 4.79 Å². The quantitative estimate of drug-likeness (QED) is 0.842. The highest BCUT2D eigenvalue weighted by Gasteiger charge is 2.44. The molecule has 4 nitrogen and oxygen atoms in total. The van der Waals surface area contributed by atoms with Crippen molar-refractivity contribution < 1.29 is 4.79 Å². The minimum atomic E-state index is -0.376. The Hall–Kier alpha value is -1.43. The lowest BCUT2D eigenvalue weighted by atomic mass is 9.75. The van der Waals surface area contributed by atoms with Gasteiger partial charge in [0.15, 0.2) is 0 Å². The normalized spacial score (nSPS) is 17.3. The molecule has 2 heterocycles. The van der Waals surface area contributed by atoms with E-state index in [0.717, 1.165) is 23.4 Å². The second-order valence-electron chi connectivity index (χ2n) is 5.99. The number of benzene rings is 1. The third kappa shape index (κ3) is 3.57. The standard InChI is InChI=1S/C17H20ClN3OS/c1-2-14(15-20-7-8-23-15)21-16(22)17(10-19-11-17)9-12-3-5-13(18)6-4-12/h3-8,14,19H,2,9-11H2,1H3,(H,21,22). The van der Waals surface area contributed by atoms with Gasteiger partial charge in [-0.1, -0.05) is 30.7 Å². The second kappa shape index (κ2) is 6.99. The molecule has 0 saturated carbocycles. The van der Waals surface area contributed by atoms with E-state index in [4.69, 9.17) is 11.6 Å². The molecule has 0 aliphatic carbocycles. The third-order valence-electron chi connectivity index (χ3n) is 4.33. The summed E-state index contributed by atoms with van der Waals surface area (Å²) in [6.07, 6.45) is 3.34. The summed E-state index contributed by atoms with van der Waals surface area (Å²) in [6, 6.07) is 7.73. The average molecular weight is 350 g/mol. The molecule has 1 atom stereocenters. The minimum absolute atomic E-state index is 0.00908. The Morgan fingerprint density at radius 2 is 2.17 bits per heavy atom. The molecule has 0 bridgehead atoms. The lowest BCUT2D eigenvalue weighted by Crippen LogP contribution is -2.62. The number of hydrogen-bond donors (Lipinski definition) is 2. The van der Waals surface area contributed by atoms with Crippen LogP contribution in [0, 0.1) is 5.41 Å². The number of amides is 1. The van der Waals surface area contributed by atoms with Crippen LogP contribution in [0.25, 0.3) is 0 Å². The van der Waals surface area contributed by atoms with E-state index in [2.05, 4.69) is 22.5 Å². The van der Waals surface area contributed by atoms with Gasteiger partial charge in [0, 0.05) is 29.7 Å². The van der Waals surface area contributed by atoms with Crippen LogP contribution in [0.5, 0.6) is 0 Å². The molecule has 0 radical (unpaired) electrons. The van der Waals surface area contributed by atoms with Gasteiger partial charge in [-0.25, -0.2) is 4.98 Å². The second-order valence-corrected chi connectivity index (χ2v) is 7.35. The predicted molar refractivity (Wildman–Crippen MR) is 93.7 cm³/mol. The van der Waals surface area contributed by atoms with Crippen molar-refractivity contribution in [2.24, 2.45) is 5.41 Å². The summed E-state index contributed by atoms with van der Waals surface area (Å²) in [7, 11) is 0. The zero-order valence-electron chi connectivity index (χ0n) is 13.0. The van der Waals surface area contributed by atoms with Gasteiger partial charge in [0.1, 0.15) is 5.01 Å². The number of rotatable bonds is 6. The topological polar surface area (TPSA) is 54.0 Å². The third-order valence-corrected chi connectivity index (χ3v) is 5.47. The number of halogens is 1. The fourth-order valence-electron chi connectivity index (χ4n) is 2.84. The monoisotopic (exact) mass is 349 g/mol. The van der Waals surface area contributed by atoms with Crippen LogP contribution >= 0.6 is 22.9 Å². The first-order valence-electron chi connectivity index (χ1n) is 7.78. The Morgan fingerprint density at radius 3 is 2.70 bits per heavy atom. The van der Waals surface area contributed by atoms with Crippen molar-refractivity contribution in [2.75, 3.05) is 13.1 Å². The van der Waals surface area contributed by atoms with Crippen molar-refractivity contribution >= 4 is 28.8 Å². The van der Waals surface area contributed by atoms with Crippen molar-refractivity contribution in [3.63, 3.8) is 0 Å². The predicted octanol–water partition coefficient (Wildman–Crippen LogP) is 3.20. The van der Waals surface area contributed by atoms with Crippen molar-refractivity contribution in [3.05, 3.63) is 51.4 Å². The molecule has 1 amide bonds. The van der Waals surface area contributed by atoms with Gasteiger partial charge in [0.05, 0.1) is 11.5 Å². The number of carbonyl (C=O) groups excluding carboxylic acids is 1. The van der Waals surface area contributed by atoms with E-state index in [0.29, 0.717) is 18.1 Å². The fourth-order valence-corrected chi connectivity index (χ4v) is 3.74. The van der Waals surface area contributed by atoms with E-state index < -0.39 is 0 Å². The summed E-state index contributed by atoms with van der Waals surface area (Å²) in [5, 5.41) is 10.1. The molecule has 3 rings (SSSR count).